The number of carbonyl (C=O) groups is 1. The zero-order chi connectivity index (χ0) is 30.5. The van der Waals surface area contributed by atoms with E-state index >= 15 is 0 Å². The molecule has 14 heteroatoms. The van der Waals surface area contributed by atoms with E-state index in [1.807, 2.05) is 0 Å². The Balaban J connectivity index is 1.34. The van der Waals surface area contributed by atoms with Gasteiger partial charge >= 0.3 is 18.4 Å². The normalized spacial score (nSPS) is 17.7. The van der Waals surface area contributed by atoms with E-state index in [-0.39, 0.29) is 52.0 Å². The van der Waals surface area contributed by atoms with Crippen molar-refractivity contribution < 1.29 is 46.1 Å². The maximum Gasteiger partial charge on any atom is 0.586 e. The summed E-state index contributed by atoms with van der Waals surface area (Å²) in [7, 11) is 0. The summed E-state index contributed by atoms with van der Waals surface area (Å²) in [5.74, 6) is -1.16. The van der Waals surface area contributed by atoms with Crippen LogP contribution in [0.4, 0.5) is 27.8 Å². The molecule has 0 saturated carbocycles. The highest BCUT2D eigenvalue weighted by Gasteiger charge is 2.44. The average Bonchev–Trinajstić information content (AvgIpc) is 3.50. The first-order valence-electron chi connectivity index (χ1n) is 13.2. The second-order valence-corrected chi connectivity index (χ2v) is 10.1. The summed E-state index contributed by atoms with van der Waals surface area (Å²) in [4.78, 5) is 16.0. The molecule has 224 valence electrons. The molecule has 9 nitrogen and oxygen atoms in total. The van der Waals surface area contributed by atoms with Crippen molar-refractivity contribution in [3.05, 3.63) is 88.9 Å². The second-order valence-electron chi connectivity index (χ2n) is 10.1. The van der Waals surface area contributed by atoms with Crippen molar-refractivity contribution in [2.45, 2.75) is 50.8 Å². The summed E-state index contributed by atoms with van der Waals surface area (Å²) in [6, 6.07) is 12.7. The quantitative estimate of drug-likeness (QED) is 0.219. The van der Waals surface area contributed by atoms with Crippen molar-refractivity contribution >= 4 is 11.8 Å². The number of hydrogen-bond acceptors (Lipinski definition) is 7. The lowest BCUT2D eigenvalue weighted by Crippen LogP contribution is -2.25. The predicted octanol–water partition coefficient (Wildman–Crippen LogP) is 6.94. The third kappa shape index (κ3) is 5.51. The molecule has 4 aromatic rings. The van der Waals surface area contributed by atoms with Crippen LogP contribution in [-0.4, -0.2) is 32.1 Å². The third-order valence-corrected chi connectivity index (χ3v) is 7.15. The van der Waals surface area contributed by atoms with Crippen molar-refractivity contribution in [1.29, 1.82) is 0 Å². The number of aromatic nitrogens is 3. The van der Waals surface area contributed by atoms with Crippen molar-refractivity contribution in [2.75, 3.05) is 5.32 Å². The summed E-state index contributed by atoms with van der Waals surface area (Å²) >= 11 is 0. The highest BCUT2D eigenvalue weighted by molar-refractivity contribution is 5.90. The number of rotatable bonds is 7. The number of hydrogen-bond donors (Lipinski definition) is 2. The number of para-hydroxylation sites is 1. The van der Waals surface area contributed by atoms with Crippen LogP contribution in [0.1, 0.15) is 64.8 Å². The first-order chi connectivity index (χ1) is 20.4. The number of benzene rings is 2. The molecule has 2 atom stereocenters. The monoisotopic (exact) mass is 602 g/mol. The standard InChI is InChI=1S/C29H23F5N4O5/c1-15(16-9-10-21-23(13-16)43-29(33,34)42-21)36-24-14-17(11-12-35-24)38-25-19(26(37-38)28(30,31)32)6-4-8-22(25)41-20-7-3-2-5-18(20)27(39)40/h2-3,5,7,9-15,22H,4,6,8H2,1H3,(H,35,36)(H,39,40)/t15-,22-/m0/s1. The molecule has 2 N–H and O–H groups in total. The molecule has 2 aliphatic rings. The molecule has 0 saturated heterocycles. The van der Waals surface area contributed by atoms with Crippen LogP contribution >= 0.6 is 0 Å². The molecule has 6 rings (SSSR count). The number of ether oxygens (including phenoxy) is 3. The van der Waals surface area contributed by atoms with E-state index in [0.29, 0.717) is 18.4 Å². The minimum absolute atomic E-state index is 0.0200. The fraction of sp³-hybridized carbons (Fsp3) is 0.276. The lowest BCUT2D eigenvalue weighted by Gasteiger charge is -2.26. The van der Waals surface area contributed by atoms with Gasteiger partial charge in [-0.05, 0) is 62.1 Å². The number of alkyl halides is 5. The van der Waals surface area contributed by atoms with E-state index in [1.165, 1.54) is 48.7 Å². The molecule has 43 heavy (non-hydrogen) atoms. The number of pyridine rings is 1. The largest absolute Gasteiger partial charge is 0.586 e. The van der Waals surface area contributed by atoms with Crippen LogP contribution in [0, 0.1) is 0 Å². The molecule has 0 bridgehead atoms. The second kappa shape index (κ2) is 10.4. The summed E-state index contributed by atoms with van der Waals surface area (Å²) in [5.41, 5.74) is -0.195. The molecule has 0 unspecified atom stereocenters. The van der Waals surface area contributed by atoms with Gasteiger partial charge in [-0.25, -0.2) is 14.5 Å². The highest BCUT2D eigenvalue weighted by Crippen LogP contribution is 2.44. The zero-order valence-corrected chi connectivity index (χ0v) is 22.4. The van der Waals surface area contributed by atoms with Crippen molar-refractivity contribution in [3.8, 4) is 22.9 Å². The number of anilines is 1. The van der Waals surface area contributed by atoms with E-state index in [0.717, 1.165) is 4.68 Å². The minimum atomic E-state index is -4.74. The first kappa shape index (κ1) is 28.2. The van der Waals surface area contributed by atoms with Crippen molar-refractivity contribution in [1.82, 2.24) is 14.8 Å². The molecule has 2 aromatic heterocycles. The number of halogens is 5. The van der Waals surface area contributed by atoms with Crippen molar-refractivity contribution in [2.24, 2.45) is 0 Å². The zero-order valence-electron chi connectivity index (χ0n) is 22.4. The topological polar surface area (TPSA) is 108 Å². The van der Waals surface area contributed by atoms with Gasteiger partial charge in [-0.15, -0.1) is 8.78 Å². The van der Waals surface area contributed by atoms with Crippen LogP contribution in [0.2, 0.25) is 0 Å². The Kier molecular flexibility index (Phi) is 6.86. The van der Waals surface area contributed by atoms with E-state index in [4.69, 9.17) is 4.74 Å². The Morgan fingerprint density at radius 1 is 1.14 bits per heavy atom. The first-order valence-corrected chi connectivity index (χ1v) is 13.2. The van der Waals surface area contributed by atoms with E-state index in [9.17, 15) is 31.9 Å². The number of carboxylic acids is 1. The Labute approximate surface area is 240 Å². The minimum Gasteiger partial charge on any atom is -0.483 e. The van der Waals surface area contributed by atoms with Gasteiger partial charge in [0.25, 0.3) is 0 Å². The summed E-state index contributed by atoms with van der Waals surface area (Å²) < 4.78 is 85.4. The van der Waals surface area contributed by atoms with Crippen LogP contribution in [0.5, 0.6) is 17.2 Å². The van der Waals surface area contributed by atoms with Gasteiger partial charge in [-0.3, -0.25) is 0 Å². The average molecular weight is 603 g/mol. The van der Waals surface area contributed by atoms with Gasteiger partial charge in [0.2, 0.25) is 0 Å². The molecule has 0 spiro atoms. The molecule has 2 aromatic carbocycles. The molecule has 0 radical (unpaired) electrons. The SMILES string of the molecule is C[C@H](Nc1cc(-n2nc(C(F)(F)F)c3c2[C@@H](Oc2ccccc2C(=O)O)CCC3)ccn1)c1ccc2c(c1)OC(F)(F)O2. The maximum atomic E-state index is 14.1. The molecule has 3 heterocycles. The van der Waals surface area contributed by atoms with Gasteiger partial charge < -0.3 is 24.6 Å². The number of carboxylic acid groups (broad SMARTS) is 1. The van der Waals surface area contributed by atoms with Gasteiger partial charge in [-0.2, -0.15) is 18.3 Å². The fourth-order valence-electron chi connectivity index (χ4n) is 5.25. The fourth-order valence-corrected chi connectivity index (χ4v) is 5.25. The Bertz CT molecular complexity index is 1710. The molecule has 0 amide bonds. The predicted molar refractivity (Wildman–Crippen MR) is 141 cm³/mol. The Morgan fingerprint density at radius 2 is 1.91 bits per heavy atom. The molecule has 0 fully saturated rings. The van der Waals surface area contributed by atoms with Crippen LogP contribution in [-0.2, 0) is 12.6 Å². The van der Waals surface area contributed by atoms with Gasteiger partial charge in [0, 0.05) is 17.8 Å². The van der Waals surface area contributed by atoms with Gasteiger partial charge in [-0.1, -0.05) is 18.2 Å². The summed E-state index contributed by atoms with van der Waals surface area (Å²) in [6.45, 7) is 1.74. The lowest BCUT2D eigenvalue weighted by atomic mass is 9.92. The van der Waals surface area contributed by atoms with Crippen molar-refractivity contribution in [3.63, 3.8) is 0 Å². The van der Waals surface area contributed by atoms with Crippen LogP contribution < -0.4 is 19.5 Å². The Morgan fingerprint density at radius 3 is 2.67 bits per heavy atom. The number of aromatic carboxylic acids is 1. The van der Waals surface area contributed by atoms with Gasteiger partial charge in [0.15, 0.2) is 17.2 Å². The molecular formula is C29H23F5N4O5. The van der Waals surface area contributed by atoms with Gasteiger partial charge in [0.05, 0.1) is 17.4 Å². The van der Waals surface area contributed by atoms with E-state index < -0.39 is 36.3 Å². The molecule has 1 aliphatic heterocycles. The summed E-state index contributed by atoms with van der Waals surface area (Å²) in [5, 5.41) is 16.6. The van der Waals surface area contributed by atoms with E-state index in [2.05, 4.69) is 24.9 Å². The highest BCUT2D eigenvalue weighted by atomic mass is 19.4. The number of nitrogens with one attached hydrogen (secondary N) is 1. The third-order valence-electron chi connectivity index (χ3n) is 7.15. The number of fused-ring (bicyclic) bond motifs is 2. The lowest BCUT2D eigenvalue weighted by molar-refractivity contribution is -0.286. The maximum absolute atomic E-state index is 14.1. The van der Waals surface area contributed by atoms with Crippen LogP contribution in [0.25, 0.3) is 5.69 Å². The van der Waals surface area contributed by atoms with Gasteiger partial charge in [0.1, 0.15) is 23.2 Å². The van der Waals surface area contributed by atoms with E-state index in [1.54, 1.807) is 19.1 Å². The smallest absolute Gasteiger partial charge is 0.483 e. The summed E-state index contributed by atoms with van der Waals surface area (Å²) in [6.07, 6.45) is -7.20. The molecular weight excluding hydrogens is 579 g/mol. The number of nitrogens with zero attached hydrogens (tertiary/aromatic N) is 3. The molecule has 1 aliphatic carbocycles. The Hall–Kier alpha value is -4.88. The van der Waals surface area contributed by atoms with Crippen LogP contribution in [0.15, 0.2) is 60.8 Å². The van der Waals surface area contributed by atoms with Crippen LogP contribution in [0.3, 0.4) is 0 Å².